The molecule has 1 amide bonds. The molecule has 0 saturated heterocycles. The molecule has 0 aliphatic carbocycles. The number of hydrogen-bond acceptors (Lipinski definition) is 4. The summed E-state index contributed by atoms with van der Waals surface area (Å²) < 4.78 is 1.43. The number of anilines is 1. The van der Waals surface area contributed by atoms with Crippen molar-refractivity contribution in [3.8, 4) is 0 Å². The number of carbonyl (C=O) groups is 1. The maximum atomic E-state index is 12.3. The molecular weight excluding hydrogens is 272 g/mol. The number of fused-ring (bicyclic) bond motifs is 1. The van der Waals surface area contributed by atoms with E-state index in [9.17, 15) is 14.9 Å². The highest BCUT2D eigenvalue weighted by Crippen LogP contribution is 2.27. The van der Waals surface area contributed by atoms with E-state index in [1.165, 1.54) is 22.5 Å². The van der Waals surface area contributed by atoms with Gasteiger partial charge in [0.05, 0.1) is 23.9 Å². The number of nitrogens with zero attached hydrogens (tertiary/aromatic N) is 4. The summed E-state index contributed by atoms with van der Waals surface area (Å²) in [7, 11) is 0. The monoisotopic (exact) mass is 286 g/mol. The van der Waals surface area contributed by atoms with Crippen LogP contribution < -0.4 is 4.90 Å². The Bertz CT molecular complexity index is 695. The Balaban J connectivity index is 1.63. The topological polar surface area (TPSA) is 81.3 Å². The first-order chi connectivity index (χ1) is 10.1. The van der Waals surface area contributed by atoms with E-state index >= 15 is 0 Å². The third kappa shape index (κ3) is 2.62. The van der Waals surface area contributed by atoms with Crippen LogP contribution in [-0.2, 0) is 17.8 Å². The van der Waals surface area contributed by atoms with Crippen molar-refractivity contribution >= 4 is 17.4 Å². The molecule has 2 aromatic rings. The number of rotatable bonds is 4. The van der Waals surface area contributed by atoms with Gasteiger partial charge in [-0.15, -0.1) is 0 Å². The summed E-state index contributed by atoms with van der Waals surface area (Å²) in [5.41, 5.74) is 2.15. The van der Waals surface area contributed by atoms with Gasteiger partial charge in [0.2, 0.25) is 5.91 Å². The number of aryl methyl sites for hydroxylation is 1. The maximum absolute atomic E-state index is 12.3. The van der Waals surface area contributed by atoms with Crippen LogP contribution in [0.4, 0.5) is 11.5 Å². The van der Waals surface area contributed by atoms with Crippen molar-refractivity contribution in [2.45, 2.75) is 19.4 Å². The second kappa shape index (κ2) is 5.35. The molecular formula is C14H14N4O3. The second-order valence-corrected chi connectivity index (χ2v) is 4.87. The molecule has 2 heterocycles. The summed E-state index contributed by atoms with van der Waals surface area (Å²) in [6.07, 6.45) is 2.66. The Morgan fingerprint density at radius 1 is 1.33 bits per heavy atom. The van der Waals surface area contributed by atoms with E-state index in [4.69, 9.17) is 0 Å². The van der Waals surface area contributed by atoms with Gasteiger partial charge in [-0.2, -0.15) is 4.68 Å². The van der Waals surface area contributed by atoms with Gasteiger partial charge >= 0.3 is 5.82 Å². The summed E-state index contributed by atoms with van der Waals surface area (Å²) >= 11 is 0. The van der Waals surface area contributed by atoms with Gasteiger partial charge in [0.15, 0.2) is 0 Å². The highest BCUT2D eigenvalue weighted by atomic mass is 16.6. The summed E-state index contributed by atoms with van der Waals surface area (Å²) in [6, 6.07) is 9.19. The van der Waals surface area contributed by atoms with E-state index in [-0.39, 0.29) is 18.1 Å². The van der Waals surface area contributed by atoms with E-state index in [1.807, 2.05) is 24.3 Å². The standard InChI is InChI=1S/C14H14N4O3/c19-14(7-9-16-8-6-13(15-16)18(20)21)17-10-5-11-3-1-2-4-12(11)17/h1-4,6,8H,5,7,9-10H2. The van der Waals surface area contributed by atoms with Gasteiger partial charge in [-0.3, -0.25) is 4.79 Å². The van der Waals surface area contributed by atoms with Crippen LogP contribution in [0.5, 0.6) is 0 Å². The molecule has 0 atom stereocenters. The third-order valence-corrected chi connectivity index (χ3v) is 3.56. The minimum Gasteiger partial charge on any atom is -0.358 e. The van der Waals surface area contributed by atoms with Gasteiger partial charge in [-0.05, 0) is 23.0 Å². The van der Waals surface area contributed by atoms with Crippen LogP contribution in [0.2, 0.25) is 0 Å². The van der Waals surface area contributed by atoms with Crippen molar-refractivity contribution in [2.24, 2.45) is 0 Å². The minimum atomic E-state index is -0.547. The molecule has 1 aromatic carbocycles. The second-order valence-electron chi connectivity index (χ2n) is 4.87. The van der Waals surface area contributed by atoms with E-state index in [1.54, 1.807) is 4.90 Å². The van der Waals surface area contributed by atoms with Gasteiger partial charge in [-0.1, -0.05) is 18.2 Å². The molecule has 7 nitrogen and oxygen atoms in total. The average Bonchev–Trinajstić information content (AvgIpc) is 3.11. The van der Waals surface area contributed by atoms with Gasteiger partial charge in [0, 0.05) is 18.7 Å². The lowest BCUT2D eigenvalue weighted by Gasteiger charge is -2.16. The highest BCUT2D eigenvalue weighted by Gasteiger charge is 2.24. The van der Waals surface area contributed by atoms with Crippen LogP contribution in [0.3, 0.4) is 0 Å². The fraction of sp³-hybridized carbons (Fsp3) is 0.286. The SMILES string of the molecule is O=C(CCn1ccc([N+](=O)[O-])n1)N1CCc2ccccc21. The first-order valence-corrected chi connectivity index (χ1v) is 6.71. The van der Waals surface area contributed by atoms with Crippen molar-refractivity contribution in [3.63, 3.8) is 0 Å². The molecule has 3 rings (SSSR count). The van der Waals surface area contributed by atoms with Crippen molar-refractivity contribution in [1.82, 2.24) is 9.78 Å². The number of benzene rings is 1. The lowest BCUT2D eigenvalue weighted by atomic mass is 10.2. The van der Waals surface area contributed by atoms with Crippen molar-refractivity contribution in [1.29, 1.82) is 0 Å². The largest absolute Gasteiger partial charge is 0.389 e. The van der Waals surface area contributed by atoms with Crippen molar-refractivity contribution in [3.05, 3.63) is 52.2 Å². The molecule has 0 spiro atoms. The highest BCUT2D eigenvalue weighted by molar-refractivity contribution is 5.95. The molecule has 0 N–H and O–H groups in total. The van der Waals surface area contributed by atoms with E-state index in [0.29, 0.717) is 13.1 Å². The quantitative estimate of drug-likeness (QED) is 0.633. The normalized spacial score (nSPS) is 13.2. The Hall–Kier alpha value is -2.70. The predicted octanol–water partition coefficient (Wildman–Crippen LogP) is 1.77. The summed E-state index contributed by atoms with van der Waals surface area (Å²) in [5.74, 6) is -0.188. The van der Waals surface area contributed by atoms with Crippen molar-refractivity contribution < 1.29 is 9.72 Å². The van der Waals surface area contributed by atoms with Crippen LogP contribution in [0.25, 0.3) is 0 Å². The predicted molar refractivity (Wildman–Crippen MR) is 76.0 cm³/mol. The molecule has 1 aliphatic rings. The first kappa shape index (κ1) is 13.3. The smallest absolute Gasteiger partial charge is 0.358 e. The molecule has 0 radical (unpaired) electrons. The summed E-state index contributed by atoms with van der Waals surface area (Å²) in [6.45, 7) is 1.03. The Morgan fingerprint density at radius 2 is 2.14 bits per heavy atom. The number of amides is 1. The van der Waals surface area contributed by atoms with E-state index in [0.717, 1.165) is 12.1 Å². The Kier molecular flexibility index (Phi) is 3.39. The minimum absolute atomic E-state index is 0.0121. The zero-order chi connectivity index (χ0) is 14.8. The van der Waals surface area contributed by atoms with Crippen LogP contribution in [-0.4, -0.2) is 27.2 Å². The molecule has 0 unspecified atom stereocenters. The van der Waals surface area contributed by atoms with Crippen LogP contribution in [0.15, 0.2) is 36.5 Å². The molecule has 21 heavy (non-hydrogen) atoms. The third-order valence-electron chi connectivity index (χ3n) is 3.56. The van der Waals surface area contributed by atoms with Gasteiger partial charge in [0.25, 0.3) is 0 Å². The molecule has 1 aliphatic heterocycles. The molecule has 0 fully saturated rings. The van der Waals surface area contributed by atoms with Crippen LogP contribution in [0, 0.1) is 10.1 Å². The number of aromatic nitrogens is 2. The van der Waals surface area contributed by atoms with E-state index in [2.05, 4.69) is 5.10 Å². The van der Waals surface area contributed by atoms with E-state index < -0.39 is 4.92 Å². The average molecular weight is 286 g/mol. The zero-order valence-corrected chi connectivity index (χ0v) is 11.3. The number of nitro groups is 1. The van der Waals surface area contributed by atoms with Crippen LogP contribution in [0.1, 0.15) is 12.0 Å². The van der Waals surface area contributed by atoms with Gasteiger partial charge < -0.3 is 15.0 Å². The molecule has 1 aromatic heterocycles. The van der Waals surface area contributed by atoms with Crippen LogP contribution >= 0.6 is 0 Å². The van der Waals surface area contributed by atoms with Gasteiger partial charge in [-0.25, -0.2) is 0 Å². The summed E-state index contributed by atoms with van der Waals surface area (Å²) in [5, 5.41) is 14.4. The molecule has 7 heteroatoms. The number of hydrogen-bond donors (Lipinski definition) is 0. The Labute approximate surface area is 120 Å². The summed E-state index contributed by atoms with van der Waals surface area (Å²) in [4.78, 5) is 24.1. The fourth-order valence-electron chi connectivity index (χ4n) is 2.52. The number of para-hydroxylation sites is 1. The molecule has 0 saturated carbocycles. The Morgan fingerprint density at radius 3 is 2.90 bits per heavy atom. The molecule has 0 bridgehead atoms. The van der Waals surface area contributed by atoms with Crippen molar-refractivity contribution in [2.75, 3.05) is 11.4 Å². The zero-order valence-electron chi connectivity index (χ0n) is 11.3. The number of carbonyl (C=O) groups excluding carboxylic acids is 1. The lowest BCUT2D eigenvalue weighted by Crippen LogP contribution is -2.29. The van der Waals surface area contributed by atoms with Gasteiger partial charge in [0.1, 0.15) is 0 Å². The maximum Gasteiger partial charge on any atom is 0.389 e. The first-order valence-electron chi connectivity index (χ1n) is 6.71. The fourth-order valence-corrected chi connectivity index (χ4v) is 2.52. The molecule has 108 valence electrons. The lowest BCUT2D eigenvalue weighted by molar-refractivity contribution is -0.389.